The van der Waals surface area contributed by atoms with Crippen LogP contribution in [0.4, 0.5) is 5.69 Å². The van der Waals surface area contributed by atoms with Gasteiger partial charge in [0, 0.05) is 23.2 Å². The third-order valence-corrected chi connectivity index (χ3v) is 5.89. The number of hydrogen-bond acceptors (Lipinski definition) is 4. The van der Waals surface area contributed by atoms with E-state index in [1.807, 2.05) is 18.2 Å². The van der Waals surface area contributed by atoms with E-state index in [1.165, 1.54) is 23.4 Å². The van der Waals surface area contributed by atoms with Gasteiger partial charge in [0.25, 0.3) is 0 Å². The minimum absolute atomic E-state index is 0.00554. The molecule has 0 saturated heterocycles. The highest BCUT2D eigenvalue weighted by Gasteiger charge is 2.58. The average molecular weight is 372 g/mol. The molecule has 0 radical (unpaired) electrons. The normalized spacial score (nSPS) is 22.2. The Morgan fingerprint density at radius 1 is 1.14 bits per heavy atom. The van der Waals surface area contributed by atoms with Gasteiger partial charge in [-0.05, 0) is 36.1 Å². The maximum Gasteiger partial charge on any atom is 0.337 e. The van der Waals surface area contributed by atoms with Crippen LogP contribution in [0.2, 0.25) is 0 Å². The van der Waals surface area contributed by atoms with E-state index < -0.39 is 5.97 Å². The molecule has 5 heteroatoms. The molecule has 2 aliphatic rings. The van der Waals surface area contributed by atoms with Gasteiger partial charge in [-0.15, -0.1) is 0 Å². The minimum Gasteiger partial charge on any atom is -0.493 e. The fourth-order valence-corrected chi connectivity index (χ4v) is 4.29. The van der Waals surface area contributed by atoms with Crippen LogP contribution in [0.15, 0.2) is 67.0 Å². The van der Waals surface area contributed by atoms with E-state index in [1.54, 1.807) is 6.20 Å². The van der Waals surface area contributed by atoms with E-state index in [9.17, 15) is 9.90 Å². The van der Waals surface area contributed by atoms with Crippen LogP contribution in [0, 0.1) is 0 Å². The Morgan fingerprint density at radius 3 is 2.82 bits per heavy atom. The molecule has 0 unspecified atom stereocenters. The van der Waals surface area contributed by atoms with E-state index in [0.717, 1.165) is 24.2 Å². The van der Waals surface area contributed by atoms with Crippen LogP contribution in [0.25, 0.3) is 11.1 Å². The summed E-state index contributed by atoms with van der Waals surface area (Å²) >= 11 is 0. The van der Waals surface area contributed by atoms with E-state index in [-0.39, 0.29) is 17.0 Å². The Bertz CT molecular complexity index is 1050. The van der Waals surface area contributed by atoms with E-state index in [0.29, 0.717) is 12.3 Å². The average Bonchev–Trinajstić information content (AvgIpc) is 3.41. The van der Waals surface area contributed by atoms with Crippen molar-refractivity contribution in [2.24, 2.45) is 0 Å². The number of carbonyl (C=O) groups is 1. The summed E-state index contributed by atoms with van der Waals surface area (Å²) in [7, 11) is 0. The number of pyridine rings is 1. The van der Waals surface area contributed by atoms with Crippen LogP contribution in [0.5, 0.6) is 5.75 Å². The highest BCUT2D eigenvalue weighted by molar-refractivity contribution is 5.94. The molecule has 0 bridgehead atoms. The summed E-state index contributed by atoms with van der Waals surface area (Å²) in [5.74, 6) is -0.0129. The zero-order valence-electron chi connectivity index (χ0n) is 15.3. The smallest absolute Gasteiger partial charge is 0.337 e. The van der Waals surface area contributed by atoms with Crippen LogP contribution in [-0.2, 0) is 5.41 Å². The molecular formula is C23H20N2O3. The van der Waals surface area contributed by atoms with E-state index >= 15 is 0 Å². The number of fused-ring (bicyclic) bond motifs is 2. The zero-order valence-corrected chi connectivity index (χ0v) is 15.3. The first-order valence-electron chi connectivity index (χ1n) is 9.44. The summed E-state index contributed by atoms with van der Waals surface area (Å²) in [6.07, 6.45) is 4.98. The van der Waals surface area contributed by atoms with Crippen molar-refractivity contribution >= 4 is 11.7 Å². The van der Waals surface area contributed by atoms with Crippen molar-refractivity contribution in [3.63, 3.8) is 0 Å². The van der Waals surface area contributed by atoms with Gasteiger partial charge in [0.1, 0.15) is 5.75 Å². The molecular weight excluding hydrogens is 352 g/mol. The summed E-state index contributed by atoms with van der Waals surface area (Å²) in [4.78, 5) is 15.6. The van der Waals surface area contributed by atoms with Gasteiger partial charge < -0.3 is 15.2 Å². The number of anilines is 1. The summed E-state index contributed by atoms with van der Waals surface area (Å²) in [5, 5.41) is 12.8. The fourth-order valence-electron chi connectivity index (χ4n) is 4.29. The standard InChI is InChI=1S/C23H20N2O3/c26-22(27)17-8-10-24-14-19(17)25-21-13-23(21)9-11-28-20-12-16(6-7-18(20)23)15-4-2-1-3-5-15/h1-8,10,12,14,21,25H,9,11,13H2,(H,26,27)/t21-,23+/m1/s1. The lowest BCUT2D eigenvalue weighted by Crippen LogP contribution is -2.26. The third-order valence-electron chi connectivity index (χ3n) is 5.89. The third kappa shape index (κ3) is 2.71. The van der Waals surface area contributed by atoms with Crippen LogP contribution in [-0.4, -0.2) is 28.7 Å². The van der Waals surface area contributed by atoms with Crippen LogP contribution in [0.1, 0.15) is 28.8 Å². The Labute approximate surface area is 163 Å². The van der Waals surface area contributed by atoms with Crippen LogP contribution >= 0.6 is 0 Å². The van der Waals surface area contributed by atoms with Gasteiger partial charge in [-0.1, -0.05) is 42.5 Å². The summed E-state index contributed by atoms with van der Waals surface area (Å²) in [6.45, 7) is 0.669. The molecule has 1 spiro atoms. The first-order valence-corrected chi connectivity index (χ1v) is 9.44. The molecule has 3 aromatic rings. The number of ether oxygens (including phenoxy) is 1. The van der Waals surface area contributed by atoms with Gasteiger partial charge in [-0.3, -0.25) is 4.98 Å². The molecule has 1 aromatic heterocycles. The van der Waals surface area contributed by atoms with E-state index in [4.69, 9.17) is 4.74 Å². The molecule has 1 aliphatic heterocycles. The summed E-state index contributed by atoms with van der Waals surface area (Å²) < 4.78 is 5.99. The van der Waals surface area contributed by atoms with Gasteiger partial charge in [0.05, 0.1) is 24.1 Å². The van der Waals surface area contributed by atoms with Crippen LogP contribution < -0.4 is 10.1 Å². The molecule has 2 aromatic carbocycles. The minimum atomic E-state index is -0.945. The molecule has 1 fully saturated rings. The largest absolute Gasteiger partial charge is 0.493 e. The highest BCUT2D eigenvalue weighted by Crippen LogP contribution is 2.57. The van der Waals surface area contributed by atoms with Gasteiger partial charge in [-0.25, -0.2) is 4.79 Å². The fraction of sp³-hybridized carbons (Fsp3) is 0.217. The van der Waals surface area contributed by atoms with Crippen LogP contribution in [0.3, 0.4) is 0 Å². The second-order valence-electron chi connectivity index (χ2n) is 7.46. The Hall–Kier alpha value is -3.34. The number of nitrogens with zero attached hydrogens (tertiary/aromatic N) is 1. The molecule has 2 heterocycles. The highest BCUT2D eigenvalue weighted by atomic mass is 16.5. The van der Waals surface area contributed by atoms with E-state index in [2.05, 4.69) is 40.6 Å². The predicted octanol–water partition coefficient (Wildman–Crippen LogP) is 4.35. The van der Waals surface area contributed by atoms with Gasteiger partial charge in [0.15, 0.2) is 0 Å². The number of benzene rings is 2. The number of carboxylic acid groups (broad SMARTS) is 1. The first kappa shape index (κ1) is 16.8. The molecule has 28 heavy (non-hydrogen) atoms. The lowest BCUT2D eigenvalue weighted by atomic mass is 9.87. The quantitative estimate of drug-likeness (QED) is 0.712. The van der Waals surface area contributed by atoms with Crippen molar-refractivity contribution in [2.45, 2.75) is 24.3 Å². The van der Waals surface area contributed by atoms with Crippen molar-refractivity contribution in [3.8, 4) is 16.9 Å². The zero-order chi connectivity index (χ0) is 19.1. The molecule has 140 valence electrons. The van der Waals surface area contributed by atoms with Crippen molar-refractivity contribution in [1.29, 1.82) is 0 Å². The SMILES string of the molecule is O=C(O)c1ccncc1N[C@@H]1C[C@]12CCOc1cc(-c3ccccc3)ccc12. The van der Waals surface area contributed by atoms with Gasteiger partial charge in [0.2, 0.25) is 0 Å². The van der Waals surface area contributed by atoms with Crippen molar-refractivity contribution in [3.05, 3.63) is 78.1 Å². The molecule has 2 atom stereocenters. The Balaban J connectivity index is 1.44. The van der Waals surface area contributed by atoms with Gasteiger partial charge >= 0.3 is 5.97 Å². The lowest BCUT2D eigenvalue weighted by Gasteiger charge is -2.28. The topological polar surface area (TPSA) is 71.5 Å². The number of hydrogen-bond donors (Lipinski definition) is 2. The molecule has 1 aliphatic carbocycles. The Kier molecular flexibility index (Phi) is 3.83. The van der Waals surface area contributed by atoms with Gasteiger partial charge in [-0.2, -0.15) is 0 Å². The summed E-state index contributed by atoms with van der Waals surface area (Å²) in [5.41, 5.74) is 4.34. The lowest BCUT2D eigenvalue weighted by molar-refractivity contribution is 0.0697. The molecule has 5 nitrogen and oxygen atoms in total. The second kappa shape index (κ2) is 6.37. The number of rotatable bonds is 4. The molecule has 2 N–H and O–H groups in total. The molecule has 5 rings (SSSR count). The molecule has 0 amide bonds. The van der Waals surface area contributed by atoms with Crippen molar-refractivity contribution in [1.82, 2.24) is 4.98 Å². The number of nitrogens with one attached hydrogen (secondary N) is 1. The van der Waals surface area contributed by atoms with Crippen molar-refractivity contribution in [2.75, 3.05) is 11.9 Å². The summed E-state index contributed by atoms with van der Waals surface area (Å²) in [6, 6.07) is 18.4. The number of aromatic carboxylic acids is 1. The second-order valence-corrected chi connectivity index (χ2v) is 7.46. The first-order chi connectivity index (χ1) is 13.7. The maximum atomic E-state index is 11.5. The predicted molar refractivity (Wildman–Crippen MR) is 107 cm³/mol. The molecule has 1 saturated carbocycles. The Morgan fingerprint density at radius 2 is 2.00 bits per heavy atom. The maximum absolute atomic E-state index is 11.5. The number of aromatic nitrogens is 1. The van der Waals surface area contributed by atoms with Crippen molar-refractivity contribution < 1.29 is 14.6 Å². The monoisotopic (exact) mass is 372 g/mol. The number of carboxylic acids is 1.